The van der Waals surface area contributed by atoms with Gasteiger partial charge in [0, 0.05) is 17.8 Å². The Morgan fingerprint density at radius 2 is 1.90 bits per heavy atom. The summed E-state index contributed by atoms with van der Waals surface area (Å²) in [7, 11) is 0. The number of thioether (sulfide) groups is 1. The summed E-state index contributed by atoms with van der Waals surface area (Å²) >= 11 is 1.95. The first kappa shape index (κ1) is 15.9. The highest BCUT2D eigenvalue weighted by Gasteiger charge is 2.41. The van der Waals surface area contributed by atoms with E-state index in [-0.39, 0.29) is 0 Å². The van der Waals surface area contributed by atoms with Gasteiger partial charge in [0.15, 0.2) is 0 Å². The van der Waals surface area contributed by atoms with Gasteiger partial charge in [-0.15, -0.1) is 0 Å². The maximum Gasteiger partial charge on any atom is 0.0914 e. The molecule has 20 heavy (non-hydrogen) atoms. The van der Waals surface area contributed by atoms with E-state index in [0.717, 1.165) is 18.5 Å². The summed E-state index contributed by atoms with van der Waals surface area (Å²) in [4.78, 5) is 0. The Bertz CT molecular complexity index is 412. The standard InChI is InChI=1S/C17H27NOS/c1-13(2)10-14-4-6-15(7-5-14)16(19)11-18-12-17(20-3)8-9-17/h4-7,13,16,18-19H,8-12H2,1-3H3. The molecule has 2 rings (SSSR count). The van der Waals surface area contributed by atoms with Crippen LogP contribution in [-0.2, 0) is 6.42 Å². The quantitative estimate of drug-likeness (QED) is 0.770. The van der Waals surface area contributed by atoms with Crippen molar-refractivity contribution >= 4 is 11.8 Å². The number of aliphatic hydroxyl groups is 1. The third-order valence-electron chi connectivity index (χ3n) is 4.03. The molecule has 2 nitrogen and oxygen atoms in total. The molecule has 0 aromatic heterocycles. The lowest BCUT2D eigenvalue weighted by Crippen LogP contribution is -2.29. The van der Waals surface area contributed by atoms with Crippen LogP contribution in [0.25, 0.3) is 0 Å². The van der Waals surface area contributed by atoms with E-state index in [9.17, 15) is 5.11 Å². The van der Waals surface area contributed by atoms with E-state index < -0.39 is 6.10 Å². The van der Waals surface area contributed by atoms with E-state index >= 15 is 0 Å². The molecule has 0 radical (unpaired) electrons. The van der Waals surface area contributed by atoms with Crippen LogP contribution < -0.4 is 5.32 Å². The van der Waals surface area contributed by atoms with Gasteiger partial charge >= 0.3 is 0 Å². The Hall–Kier alpha value is -0.510. The van der Waals surface area contributed by atoms with Gasteiger partial charge in [-0.1, -0.05) is 38.1 Å². The van der Waals surface area contributed by atoms with Gasteiger partial charge in [0.25, 0.3) is 0 Å². The number of aliphatic hydroxyl groups excluding tert-OH is 1. The second-order valence-electron chi connectivity index (χ2n) is 6.37. The maximum absolute atomic E-state index is 10.2. The van der Waals surface area contributed by atoms with Crippen LogP contribution >= 0.6 is 11.8 Å². The van der Waals surface area contributed by atoms with Gasteiger partial charge in [-0.25, -0.2) is 0 Å². The summed E-state index contributed by atoms with van der Waals surface area (Å²) in [5.41, 5.74) is 2.36. The molecular weight excluding hydrogens is 266 g/mol. The average Bonchev–Trinajstić information content (AvgIpc) is 3.19. The highest BCUT2D eigenvalue weighted by atomic mass is 32.2. The number of nitrogens with one attached hydrogen (secondary N) is 1. The lowest BCUT2D eigenvalue weighted by atomic mass is 10.0. The van der Waals surface area contributed by atoms with Crippen LogP contribution in [0.2, 0.25) is 0 Å². The van der Waals surface area contributed by atoms with Crippen LogP contribution in [-0.4, -0.2) is 29.2 Å². The van der Waals surface area contributed by atoms with Gasteiger partial charge in [0.05, 0.1) is 6.10 Å². The summed E-state index contributed by atoms with van der Waals surface area (Å²) in [6.07, 6.45) is 5.49. The van der Waals surface area contributed by atoms with Gasteiger partial charge in [-0.3, -0.25) is 0 Å². The van der Waals surface area contributed by atoms with Crippen molar-refractivity contribution in [3.63, 3.8) is 0 Å². The van der Waals surface area contributed by atoms with Crippen molar-refractivity contribution in [3.05, 3.63) is 35.4 Å². The predicted molar refractivity (Wildman–Crippen MR) is 88.3 cm³/mol. The first-order chi connectivity index (χ1) is 9.54. The fraction of sp³-hybridized carbons (Fsp3) is 0.647. The van der Waals surface area contributed by atoms with Crippen molar-refractivity contribution in [2.45, 2.75) is 44.0 Å². The third-order valence-corrected chi connectivity index (χ3v) is 5.45. The van der Waals surface area contributed by atoms with Crippen LogP contribution in [0.3, 0.4) is 0 Å². The summed E-state index contributed by atoms with van der Waals surface area (Å²) in [5, 5.41) is 13.6. The second kappa shape index (κ2) is 6.97. The molecule has 0 spiro atoms. The Balaban J connectivity index is 1.78. The number of rotatable bonds is 8. The van der Waals surface area contributed by atoms with E-state index in [1.54, 1.807) is 0 Å². The second-order valence-corrected chi connectivity index (χ2v) is 7.65. The first-order valence-electron chi connectivity index (χ1n) is 7.57. The molecule has 0 saturated heterocycles. The highest BCUT2D eigenvalue weighted by molar-refractivity contribution is 8.00. The lowest BCUT2D eigenvalue weighted by Gasteiger charge is -2.16. The van der Waals surface area contributed by atoms with Crippen molar-refractivity contribution < 1.29 is 5.11 Å². The lowest BCUT2D eigenvalue weighted by molar-refractivity contribution is 0.175. The molecule has 1 aromatic rings. The molecule has 3 heteroatoms. The van der Waals surface area contributed by atoms with Crippen LogP contribution in [0.1, 0.15) is 43.9 Å². The van der Waals surface area contributed by atoms with Crippen molar-refractivity contribution in [3.8, 4) is 0 Å². The molecule has 112 valence electrons. The van der Waals surface area contributed by atoms with E-state index in [0.29, 0.717) is 17.2 Å². The number of hydrogen-bond acceptors (Lipinski definition) is 3. The maximum atomic E-state index is 10.2. The minimum atomic E-state index is -0.402. The molecule has 1 aromatic carbocycles. The van der Waals surface area contributed by atoms with Gasteiger partial charge < -0.3 is 10.4 Å². The molecule has 1 saturated carbocycles. The largest absolute Gasteiger partial charge is 0.387 e. The molecule has 1 unspecified atom stereocenters. The minimum Gasteiger partial charge on any atom is -0.387 e. The van der Waals surface area contributed by atoms with Crippen molar-refractivity contribution in [2.75, 3.05) is 19.3 Å². The SMILES string of the molecule is CSC1(CNCC(O)c2ccc(CC(C)C)cc2)CC1. The fourth-order valence-corrected chi connectivity index (χ4v) is 3.25. The van der Waals surface area contributed by atoms with E-state index in [4.69, 9.17) is 0 Å². The van der Waals surface area contributed by atoms with Gasteiger partial charge in [-0.05, 0) is 42.6 Å². The average molecular weight is 293 g/mol. The molecule has 1 aliphatic rings. The Labute approximate surface area is 127 Å². The molecule has 1 aliphatic carbocycles. The van der Waals surface area contributed by atoms with Crippen LogP contribution in [0.5, 0.6) is 0 Å². The predicted octanol–water partition coefficient (Wildman–Crippen LogP) is 3.40. The highest BCUT2D eigenvalue weighted by Crippen LogP contribution is 2.46. The zero-order chi connectivity index (χ0) is 14.6. The summed E-state index contributed by atoms with van der Waals surface area (Å²) in [6, 6.07) is 8.41. The Morgan fingerprint density at radius 3 is 2.40 bits per heavy atom. The fourth-order valence-electron chi connectivity index (χ4n) is 2.49. The molecule has 0 bridgehead atoms. The van der Waals surface area contributed by atoms with Gasteiger partial charge in [-0.2, -0.15) is 11.8 Å². The molecule has 0 heterocycles. The molecule has 1 atom stereocenters. The van der Waals surface area contributed by atoms with Crippen LogP contribution in [0.4, 0.5) is 0 Å². The molecule has 0 aliphatic heterocycles. The van der Waals surface area contributed by atoms with Crippen LogP contribution in [0.15, 0.2) is 24.3 Å². The zero-order valence-corrected chi connectivity index (χ0v) is 13.7. The zero-order valence-electron chi connectivity index (χ0n) is 12.9. The molecule has 1 fully saturated rings. The monoisotopic (exact) mass is 293 g/mol. The third kappa shape index (κ3) is 4.51. The molecule has 0 amide bonds. The normalized spacial score (nSPS) is 18.2. The van der Waals surface area contributed by atoms with Crippen molar-refractivity contribution in [2.24, 2.45) is 5.92 Å². The summed E-state index contributed by atoms with van der Waals surface area (Å²) in [5.74, 6) is 0.675. The molecular formula is C17H27NOS. The summed E-state index contributed by atoms with van der Waals surface area (Å²) in [6.45, 7) is 6.11. The topological polar surface area (TPSA) is 32.3 Å². The number of benzene rings is 1. The molecule has 2 N–H and O–H groups in total. The first-order valence-corrected chi connectivity index (χ1v) is 8.80. The minimum absolute atomic E-state index is 0.402. The van der Waals surface area contributed by atoms with Crippen molar-refractivity contribution in [1.29, 1.82) is 0 Å². The van der Waals surface area contributed by atoms with Gasteiger partial charge in [0.1, 0.15) is 0 Å². The Kier molecular flexibility index (Phi) is 5.53. The number of hydrogen-bond donors (Lipinski definition) is 2. The smallest absolute Gasteiger partial charge is 0.0914 e. The van der Waals surface area contributed by atoms with E-state index in [1.165, 1.54) is 18.4 Å². The summed E-state index contributed by atoms with van der Waals surface area (Å²) < 4.78 is 0.459. The van der Waals surface area contributed by atoms with Crippen LogP contribution in [0, 0.1) is 5.92 Å². The van der Waals surface area contributed by atoms with E-state index in [1.807, 2.05) is 11.8 Å². The Morgan fingerprint density at radius 1 is 1.25 bits per heavy atom. The van der Waals surface area contributed by atoms with Crippen molar-refractivity contribution in [1.82, 2.24) is 5.32 Å². The van der Waals surface area contributed by atoms with E-state index in [2.05, 4.69) is 49.7 Å². The van der Waals surface area contributed by atoms with Gasteiger partial charge in [0.2, 0.25) is 0 Å².